The van der Waals surface area contributed by atoms with Crippen LogP contribution in [-0.2, 0) is 9.53 Å². The fraction of sp³-hybridized carbons (Fsp3) is 0.833. The van der Waals surface area contributed by atoms with Gasteiger partial charge in [0.05, 0.1) is 6.07 Å². The van der Waals surface area contributed by atoms with Gasteiger partial charge in [-0.3, -0.25) is 4.79 Å². The van der Waals surface area contributed by atoms with E-state index in [-0.39, 0.29) is 11.2 Å². The van der Waals surface area contributed by atoms with Crippen LogP contribution in [0.5, 0.6) is 0 Å². The van der Waals surface area contributed by atoms with Crippen molar-refractivity contribution in [1.29, 1.82) is 5.26 Å². The monoisotopic (exact) mass is 209 g/mol. The predicted octanol–water partition coefficient (Wildman–Crippen LogP) is 2.31. The standard InChI is InChI=1S/C12H19NO2/c1-4-15-8-7-12(9-13)6-5-11(2,3)10(12)14/h4-8H2,1-3H3. The number of rotatable bonds is 4. The average molecular weight is 209 g/mol. The van der Waals surface area contributed by atoms with Gasteiger partial charge in [-0.05, 0) is 26.2 Å². The predicted molar refractivity (Wildman–Crippen MR) is 57.2 cm³/mol. The van der Waals surface area contributed by atoms with E-state index in [1.54, 1.807) is 0 Å². The summed E-state index contributed by atoms with van der Waals surface area (Å²) >= 11 is 0. The quantitative estimate of drug-likeness (QED) is 0.667. The molecule has 0 aromatic heterocycles. The molecule has 0 heterocycles. The van der Waals surface area contributed by atoms with Gasteiger partial charge in [0, 0.05) is 18.6 Å². The Morgan fingerprint density at radius 1 is 1.47 bits per heavy atom. The van der Waals surface area contributed by atoms with Crippen molar-refractivity contribution in [3.63, 3.8) is 0 Å². The van der Waals surface area contributed by atoms with Crippen molar-refractivity contribution in [3.8, 4) is 6.07 Å². The molecule has 0 radical (unpaired) electrons. The first-order valence-electron chi connectivity index (χ1n) is 5.52. The minimum absolute atomic E-state index is 0.0946. The molecule has 1 aliphatic rings. The number of hydrogen-bond acceptors (Lipinski definition) is 3. The summed E-state index contributed by atoms with van der Waals surface area (Å²) in [6.07, 6.45) is 2.04. The lowest BCUT2D eigenvalue weighted by Gasteiger charge is -2.21. The van der Waals surface area contributed by atoms with Gasteiger partial charge >= 0.3 is 0 Å². The van der Waals surface area contributed by atoms with E-state index in [9.17, 15) is 10.1 Å². The number of carbonyl (C=O) groups excluding carboxylic acids is 1. The second-order valence-corrected chi connectivity index (χ2v) is 4.85. The highest BCUT2D eigenvalue weighted by atomic mass is 16.5. The largest absolute Gasteiger partial charge is 0.382 e. The van der Waals surface area contributed by atoms with Gasteiger partial charge in [-0.25, -0.2) is 0 Å². The van der Waals surface area contributed by atoms with Crippen LogP contribution in [0.3, 0.4) is 0 Å². The molecular weight excluding hydrogens is 190 g/mol. The maximum Gasteiger partial charge on any atom is 0.158 e. The molecule has 3 heteroatoms. The number of Topliss-reactive ketones (excluding diaryl/α,β-unsaturated/α-hetero) is 1. The topological polar surface area (TPSA) is 50.1 Å². The van der Waals surface area contributed by atoms with E-state index >= 15 is 0 Å². The molecule has 84 valence electrons. The van der Waals surface area contributed by atoms with Gasteiger partial charge in [0.25, 0.3) is 0 Å². The Morgan fingerprint density at radius 2 is 2.13 bits per heavy atom. The molecule has 0 spiro atoms. The number of hydrogen-bond donors (Lipinski definition) is 0. The number of ether oxygens (including phenoxy) is 1. The first kappa shape index (κ1) is 12.2. The highest BCUT2D eigenvalue weighted by molar-refractivity contribution is 5.94. The normalized spacial score (nSPS) is 29.1. The third-order valence-electron chi connectivity index (χ3n) is 3.32. The molecule has 1 aliphatic carbocycles. The maximum atomic E-state index is 12.1. The minimum atomic E-state index is -0.779. The van der Waals surface area contributed by atoms with Crippen LogP contribution in [0.1, 0.15) is 40.0 Å². The van der Waals surface area contributed by atoms with Crippen LogP contribution in [0, 0.1) is 22.2 Å². The lowest BCUT2D eigenvalue weighted by molar-refractivity contribution is -0.130. The third-order valence-corrected chi connectivity index (χ3v) is 3.32. The fourth-order valence-electron chi connectivity index (χ4n) is 2.19. The second kappa shape index (κ2) is 4.32. The average Bonchev–Trinajstić information content (AvgIpc) is 2.43. The number of nitrogens with zero attached hydrogens (tertiary/aromatic N) is 1. The van der Waals surface area contributed by atoms with Crippen molar-refractivity contribution >= 4 is 5.78 Å². The Hall–Kier alpha value is -0.880. The molecule has 0 aromatic rings. The third kappa shape index (κ3) is 2.21. The van der Waals surface area contributed by atoms with Crippen molar-refractivity contribution in [2.45, 2.75) is 40.0 Å². The number of carbonyl (C=O) groups is 1. The Morgan fingerprint density at radius 3 is 2.53 bits per heavy atom. The molecule has 15 heavy (non-hydrogen) atoms. The zero-order valence-corrected chi connectivity index (χ0v) is 9.80. The summed E-state index contributed by atoms with van der Waals surface area (Å²) in [5.74, 6) is 0.0946. The first-order chi connectivity index (χ1) is 6.98. The summed E-state index contributed by atoms with van der Waals surface area (Å²) in [7, 11) is 0. The Kier molecular flexibility index (Phi) is 3.51. The molecule has 1 atom stereocenters. The molecule has 1 unspecified atom stereocenters. The van der Waals surface area contributed by atoms with E-state index in [1.165, 1.54) is 0 Å². The zero-order valence-electron chi connectivity index (χ0n) is 9.80. The van der Waals surface area contributed by atoms with Crippen LogP contribution in [0.4, 0.5) is 0 Å². The van der Waals surface area contributed by atoms with Gasteiger partial charge in [-0.15, -0.1) is 0 Å². The summed E-state index contributed by atoms with van der Waals surface area (Å²) in [5.41, 5.74) is -1.11. The van der Waals surface area contributed by atoms with Gasteiger partial charge < -0.3 is 4.74 Å². The van der Waals surface area contributed by atoms with Crippen molar-refractivity contribution < 1.29 is 9.53 Å². The van der Waals surface area contributed by atoms with E-state index < -0.39 is 5.41 Å². The van der Waals surface area contributed by atoms with E-state index in [1.807, 2.05) is 20.8 Å². The highest BCUT2D eigenvalue weighted by Gasteiger charge is 2.51. The van der Waals surface area contributed by atoms with E-state index in [2.05, 4.69) is 6.07 Å². The molecular formula is C12H19NO2. The van der Waals surface area contributed by atoms with E-state index in [0.29, 0.717) is 26.1 Å². The van der Waals surface area contributed by atoms with Crippen molar-refractivity contribution in [2.24, 2.45) is 10.8 Å². The van der Waals surface area contributed by atoms with Crippen LogP contribution < -0.4 is 0 Å². The van der Waals surface area contributed by atoms with Crippen LogP contribution in [0.15, 0.2) is 0 Å². The Labute approximate surface area is 91.4 Å². The van der Waals surface area contributed by atoms with Gasteiger partial charge in [0.1, 0.15) is 5.41 Å². The van der Waals surface area contributed by atoms with E-state index in [0.717, 1.165) is 6.42 Å². The molecule has 0 aliphatic heterocycles. The molecule has 0 aromatic carbocycles. The molecule has 1 saturated carbocycles. The van der Waals surface area contributed by atoms with Gasteiger partial charge in [-0.1, -0.05) is 13.8 Å². The molecule has 0 saturated heterocycles. The fourth-order valence-corrected chi connectivity index (χ4v) is 2.19. The molecule has 1 rings (SSSR count). The maximum absolute atomic E-state index is 12.1. The van der Waals surface area contributed by atoms with Gasteiger partial charge in [-0.2, -0.15) is 5.26 Å². The van der Waals surface area contributed by atoms with Crippen LogP contribution in [-0.4, -0.2) is 19.0 Å². The highest BCUT2D eigenvalue weighted by Crippen LogP contribution is 2.47. The van der Waals surface area contributed by atoms with Gasteiger partial charge in [0.2, 0.25) is 0 Å². The molecule has 3 nitrogen and oxygen atoms in total. The lowest BCUT2D eigenvalue weighted by atomic mass is 9.79. The summed E-state index contributed by atoms with van der Waals surface area (Å²) < 4.78 is 5.24. The molecule has 0 N–H and O–H groups in total. The number of nitriles is 1. The first-order valence-corrected chi connectivity index (χ1v) is 5.52. The van der Waals surface area contributed by atoms with Crippen molar-refractivity contribution in [2.75, 3.05) is 13.2 Å². The lowest BCUT2D eigenvalue weighted by Crippen LogP contribution is -2.32. The summed E-state index contributed by atoms with van der Waals surface area (Å²) in [6.45, 7) is 6.91. The molecule has 0 bridgehead atoms. The van der Waals surface area contributed by atoms with Gasteiger partial charge in [0.15, 0.2) is 5.78 Å². The summed E-state index contributed by atoms with van der Waals surface area (Å²) in [4.78, 5) is 12.1. The Bertz CT molecular complexity index is 290. The summed E-state index contributed by atoms with van der Waals surface area (Å²) in [5, 5.41) is 9.19. The summed E-state index contributed by atoms with van der Waals surface area (Å²) in [6, 6.07) is 2.21. The van der Waals surface area contributed by atoms with E-state index in [4.69, 9.17) is 4.74 Å². The molecule has 1 fully saturated rings. The van der Waals surface area contributed by atoms with Crippen LogP contribution >= 0.6 is 0 Å². The number of ketones is 1. The van der Waals surface area contributed by atoms with Crippen molar-refractivity contribution in [3.05, 3.63) is 0 Å². The van der Waals surface area contributed by atoms with Crippen LogP contribution in [0.2, 0.25) is 0 Å². The molecule has 0 amide bonds. The minimum Gasteiger partial charge on any atom is -0.382 e. The Balaban J connectivity index is 2.72. The second-order valence-electron chi connectivity index (χ2n) is 4.85. The zero-order chi connectivity index (χ0) is 11.5. The smallest absolute Gasteiger partial charge is 0.158 e. The SMILES string of the molecule is CCOCCC1(C#N)CCC(C)(C)C1=O. The van der Waals surface area contributed by atoms with Crippen molar-refractivity contribution in [1.82, 2.24) is 0 Å². The van der Waals surface area contributed by atoms with Crippen LogP contribution in [0.25, 0.3) is 0 Å².